The summed E-state index contributed by atoms with van der Waals surface area (Å²) in [4.78, 5) is 4.61. The van der Waals surface area contributed by atoms with Gasteiger partial charge in [0.2, 0.25) is 0 Å². The zero-order valence-electron chi connectivity index (χ0n) is 11.9. The van der Waals surface area contributed by atoms with E-state index in [1.54, 1.807) is 12.1 Å². The van der Waals surface area contributed by atoms with Crippen molar-refractivity contribution in [3.05, 3.63) is 29.6 Å². The highest BCUT2D eigenvalue weighted by Crippen LogP contribution is 2.27. The van der Waals surface area contributed by atoms with Crippen LogP contribution in [-0.4, -0.2) is 43.7 Å². The Kier molecular flexibility index (Phi) is 4.77. The van der Waals surface area contributed by atoms with E-state index in [2.05, 4.69) is 23.6 Å². The molecule has 0 saturated carbocycles. The van der Waals surface area contributed by atoms with Gasteiger partial charge < -0.3 is 10.6 Å². The summed E-state index contributed by atoms with van der Waals surface area (Å²) in [6.45, 7) is 8.76. The van der Waals surface area contributed by atoms with Gasteiger partial charge in [-0.15, -0.1) is 0 Å². The van der Waals surface area contributed by atoms with Crippen molar-refractivity contribution < 1.29 is 4.39 Å². The van der Waals surface area contributed by atoms with Crippen LogP contribution < -0.4 is 10.6 Å². The summed E-state index contributed by atoms with van der Waals surface area (Å²) in [5.41, 5.74) is 7.42. The fourth-order valence-electron chi connectivity index (χ4n) is 2.94. The standard InChI is InChI=1S/C15H24FN3/c1-3-18-9-10-19(11-12(18)2)15-13(7-8-17)5-4-6-14(15)16/h4-6,12H,3,7-11,17H2,1-2H3. The molecular weight excluding hydrogens is 241 g/mol. The second-order valence-corrected chi connectivity index (χ2v) is 5.21. The van der Waals surface area contributed by atoms with Crippen molar-refractivity contribution in [2.24, 2.45) is 5.73 Å². The Morgan fingerprint density at radius 3 is 2.79 bits per heavy atom. The van der Waals surface area contributed by atoms with E-state index < -0.39 is 0 Å². The minimum absolute atomic E-state index is 0.122. The number of hydrogen-bond donors (Lipinski definition) is 1. The number of nitrogens with two attached hydrogens (primary N) is 1. The number of likely N-dealkylation sites (N-methyl/N-ethyl adjacent to an activating group) is 1. The molecule has 3 nitrogen and oxygen atoms in total. The normalized spacial score (nSPS) is 20.8. The highest BCUT2D eigenvalue weighted by Gasteiger charge is 2.25. The van der Waals surface area contributed by atoms with Crippen molar-refractivity contribution in [2.45, 2.75) is 26.3 Å². The van der Waals surface area contributed by atoms with Crippen LogP contribution in [0.4, 0.5) is 10.1 Å². The molecule has 1 saturated heterocycles. The largest absolute Gasteiger partial charge is 0.366 e. The first-order valence-corrected chi connectivity index (χ1v) is 7.13. The van der Waals surface area contributed by atoms with Gasteiger partial charge in [0.25, 0.3) is 0 Å². The summed E-state index contributed by atoms with van der Waals surface area (Å²) in [5.74, 6) is -0.122. The Hall–Kier alpha value is -1.13. The number of nitrogens with zero attached hydrogens (tertiary/aromatic N) is 2. The summed E-state index contributed by atoms with van der Waals surface area (Å²) in [6, 6.07) is 5.77. The lowest BCUT2D eigenvalue weighted by molar-refractivity contribution is 0.199. The molecule has 1 aromatic carbocycles. The molecule has 0 spiro atoms. The molecule has 19 heavy (non-hydrogen) atoms. The monoisotopic (exact) mass is 265 g/mol. The molecule has 0 radical (unpaired) electrons. The first-order valence-electron chi connectivity index (χ1n) is 7.13. The molecule has 1 unspecified atom stereocenters. The van der Waals surface area contributed by atoms with Crippen molar-refractivity contribution in [3.8, 4) is 0 Å². The molecule has 4 heteroatoms. The molecule has 1 aliphatic rings. The Morgan fingerprint density at radius 1 is 1.37 bits per heavy atom. The minimum atomic E-state index is -0.122. The van der Waals surface area contributed by atoms with Crippen LogP contribution in [-0.2, 0) is 6.42 Å². The fraction of sp³-hybridized carbons (Fsp3) is 0.600. The SMILES string of the molecule is CCN1CCN(c2c(F)cccc2CCN)CC1C. The van der Waals surface area contributed by atoms with Gasteiger partial charge in [-0.05, 0) is 38.1 Å². The minimum Gasteiger partial charge on any atom is -0.366 e. The van der Waals surface area contributed by atoms with Crippen LogP contribution in [0.1, 0.15) is 19.4 Å². The topological polar surface area (TPSA) is 32.5 Å². The molecule has 0 amide bonds. The summed E-state index contributed by atoms with van der Waals surface area (Å²) in [5, 5.41) is 0. The molecule has 1 fully saturated rings. The third kappa shape index (κ3) is 3.07. The Balaban J connectivity index is 2.22. The van der Waals surface area contributed by atoms with E-state index in [9.17, 15) is 4.39 Å². The summed E-state index contributed by atoms with van der Waals surface area (Å²) in [6.07, 6.45) is 0.732. The molecule has 1 atom stereocenters. The molecule has 1 aromatic rings. The van der Waals surface area contributed by atoms with Crippen LogP contribution in [0.2, 0.25) is 0 Å². The van der Waals surface area contributed by atoms with E-state index in [-0.39, 0.29) is 5.82 Å². The van der Waals surface area contributed by atoms with Crippen LogP contribution in [0.15, 0.2) is 18.2 Å². The fourth-order valence-corrected chi connectivity index (χ4v) is 2.94. The third-order valence-electron chi connectivity index (χ3n) is 3.97. The number of rotatable bonds is 4. The van der Waals surface area contributed by atoms with Crippen LogP contribution in [0.5, 0.6) is 0 Å². The van der Waals surface area contributed by atoms with Crippen molar-refractivity contribution in [3.63, 3.8) is 0 Å². The zero-order chi connectivity index (χ0) is 13.8. The van der Waals surface area contributed by atoms with E-state index in [1.165, 1.54) is 0 Å². The highest BCUT2D eigenvalue weighted by molar-refractivity contribution is 5.55. The molecular formula is C15H24FN3. The van der Waals surface area contributed by atoms with Crippen molar-refractivity contribution >= 4 is 5.69 Å². The molecule has 0 aliphatic carbocycles. The van der Waals surface area contributed by atoms with Crippen LogP contribution in [0.25, 0.3) is 0 Å². The molecule has 0 bridgehead atoms. The van der Waals surface area contributed by atoms with Gasteiger partial charge >= 0.3 is 0 Å². The van der Waals surface area contributed by atoms with Crippen molar-refractivity contribution in [1.29, 1.82) is 0 Å². The lowest BCUT2D eigenvalue weighted by Gasteiger charge is -2.41. The average molecular weight is 265 g/mol. The van der Waals surface area contributed by atoms with Crippen molar-refractivity contribution in [1.82, 2.24) is 4.90 Å². The molecule has 2 rings (SSSR count). The second-order valence-electron chi connectivity index (χ2n) is 5.21. The number of para-hydroxylation sites is 1. The van der Waals surface area contributed by atoms with Crippen LogP contribution in [0, 0.1) is 5.82 Å². The summed E-state index contributed by atoms with van der Waals surface area (Å²) in [7, 11) is 0. The first kappa shape index (κ1) is 14.3. The zero-order valence-corrected chi connectivity index (χ0v) is 11.9. The number of hydrogen-bond acceptors (Lipinski definition) is 3. The number of anilines is 1. The van der Waals surface area contributed by atoms with Gasteiger partial charge in [-0.1, -0.05) is 19.1 Å². The maximum atomic E-state index is 14.2. The molecule has 106 valence electrons. The maximum absolute atomic E-state index is 14.2. The van der Waals surface area contributed by atoms with E-state index in [0.29, 0.717) is 12.6 Å². The van der Waals surface area contributed by atoms with E-state index in [0.717, 1.165) is 43.9 Å². The van der Waals surface area contributed by atoms with Gasteiger partial charge in [-0.25, -0.2) is 4.39 Å². The van der Waals surface area contributed by atoms with Gasteiger partial charge in [0, 0.05) is 25.7 Å². The van der Waals surface area contributed by atoms with Crippen LogP contribution in [0.3, 0.4) is 0 Å². The number of piperazine rings is 1. The first-order chi connectivity index (χ1) is 9.17. The summed E-state index contributed by atoms with van der Waals surface area (Å²) < 4.78 is 14.2. The van der Waals surface area contributed by atoms with E-state index >= 15 is 0 Å². The molecule has 1 heterocycles. The quantitative estimate of drug-likeness (QED) is 0.902. The summed E-state index contributed by atoms with van der Waals surface area (Å²) >= 11 is 0. The average Bonchev–Trinajstić information content (AvgIpc) is 2.39. The molecule has 1 aliphatic heterocycles. The maximum Gasteiger partial charge on any atom is 0.146 e. The molecule has 0 aromatic heterocycles. The predicted octanol–water partition coefficient (Wildman–Crippen LogP) is 1.86. The van der Waals surface area contributed by atoms with Gasteiger partial charge in [0.1, 0.15) is 5.82 Å². The van der Waals surface area contributed by atoms with Crippen LogP contribution >= 0.6 is 0 Å². The number of halogens is 1. The third-order valence-corrected chi connectivity index (χ3v) is 3.97. The Bertz CT molecular complexity index is 422. The lowest BCUT2D eigenvalue weighted by atomic mass is 10.1. The Labute approximate surface area is 115 Å². The van der Waals surface area contributed by atoms with Gasteiger partial charge in [0.15, 0.2) is 0 Å². The van der Waals surface area contributed by atoms with E-state index in [1.807, 2.05) is 6.07 Å². The second kappa shape index (κ2) is 6.35. The Morgan fingerprint density at radius 2 is 2.16 bits per heavy atom. The van der Waals surface area contributed by atoms with Gasteiger partial charge in [-0.2, -0.15) is 0 Å². The van der Waals surface area contributed by atoms with Gasteiger partial charge in [-0.3, -0.25) is 4.90 Å². The highest BCUT2D eigenvalue weighted by atomic mass is 19.1. The van der Waals surface area contributed by atoms with Crippen molar-refractivity contribution in [2.75, 3.05) is 37.6 Å². The van der Waals surface area contributed by atoms with Gasteiger partial charge in [0.05, 0.1) is 5.69 Å². The number of benzene rings is 1. The predicted molar refractivity (Wildman–Crippen MR) is 78.1 cm³/mol. The lowest BCUT2D eigenvalue weighted by Crippen LogP contribution is -2.52. The van der Waals surface area contributed by atoms with E-state index in [4.69, 9.17) is 5.73 Å². The molecule has 2 N–H and O–H groups in total. The smallest absolute Gasteiger partial charge is 0.146 e.